The molecule has 0 atom stereocenters. The van der Waals surface area contributed by atoms with E-state index in [1.54, 1.807) is 25.1 Å². The highest BCUT2D eigenvalue weighted by atomic mass is 16.7. The van der Waals surface area contributed by atoms with Gasteiger partial charge in [-0.05, 0) is 105 Å². The van der Waals surface area contributed by atoms with Gasteiger partial charge in [0.1, 0.15) is 5.75 Å². The highest BCUT2D eigenvalue weighted by molar-refractivity contribution is 6.07. The average molecular weight is 477 g/mol. The molecule has 7 heteroatoms. The van der Waals surface area contributed by atoms with Crippen molar-refractivity contribution in [1.82, 2.24) is 0 Å². The summed E-state index contributed by atoms with van der Waals surface area (Å²) in [6.07, 6.45) is 7.37. The topological polar surface area (TPSA) is 93.7 Å². The summed E-state index contributed by atoms with van der Waals surface area (Å²) >= 11 is 0. The average Bonchev–Trinajstić information content (AvgIpc) is 2.79. The van der Waals surface area contributed by atoms with Crippen LogP contribution in [0.25, 0.3) is 0 Å². The largest absolute Gasteiger partial charge is 0.513 e. The molecule has 0 aliphatic heterocycles. The van der Waals surface area contributed by atoms with Crippen LogP contribution in [0.15, 0.2) is 48.5 Å². The quantitative estimate of drug-likeness (QED) is 0.376. The lowest BCUT2D eigenvalue weighted by Gasteiger charge is -2.56. The van der Waals surface area contributed by atoms with Crippen molar-refractivity contribution in [3.05, 3.63) is 54.1 Å². The molecule has 4 bridgehead atoms. The standard InChI is InChI=1S/C28H32N2O5/c1-2-34-27(33)35-22-9-7-21(8-10-22)26(32)30-24-6-4-3-5-23(24)29-25(31)17-28-14-18-11-19(15-28)13-20(12-18)16-28/h3-10,18-20H,2,11-17H2,1H3,(H,29,31)(H,30,32). The monoisotopic (exact) mass is 476 g/mol. The minimum Gasteiger partial charge on any atom is -0.434 e. The fraction of sp³-hybridized carbons (Fsp3) is 0.464. The third-order valence-corrected chi connectivity index (χ3v) is 7.73. The lowest BCUT2D eigenvalue weighted by molar-refractivity contribution is -0.124. The van der Waals surface area contributed by atoms with Gasteiger partial charge in [0, 0.05) is 12.0 Å². The Morgan fingerprint density at radius 3 is 2.00 bits per heavy atom. The number of hydrogen-bond donors (Lipinski definition) is 2. The summed E-state index contributed by atoms with van der Waals surface area (Å²) in [7, 11) is 0. The third-order valence-electron chi connectivity index (χ3n) is 7.73. The van der Waals surface area contributed by atoms with Crippen LogP contribution in [0.5, 0.6) is 5.75 Å². The molecule has 4 aliphatic rings. The number of hydrogen-bond acceptors (Lipinski definition) is 5. The van der Waals surface area contributed by atoms with E-state index in [0.717, 1.165) is 17.8 Å². The predicted molar refractivity (Wildman–Crippen MR) is 132 cm³/mol. The summed E-state index contributed by atoms with van der Waals surface area (Å²) in [4.78, 5) is 37.4. The molecule has 2 aromatic rings. The predicted octanol–water partition coefficient (Wildman–Crippen LogP) is 6.02. The number of rotatable bonds is 7. The van der Waals surface area contributed by atoms with E-state index < -0.39 is 6.16 Å². The molecular weight excluding hydrogens is 444 g/mol. The summed E-state index contributed by atoms with van der Waals surface area (Å²) in [6.45, 7) is 1.91. The second kappa shape index (κ2) is 9.72. The summed E-state index contributed by atoms with van der Waals surface area (Å²) < 4.78 is 9.78. The van der Waals surface area contributed by atoms with Crippen LogP contribution >= 0.6 is 0 Å². The molecule has 35 heavy (non-hydrogen) atoms. The highest BCUT2D eigenvalue weighted by Crippen LogP contribution is 2.61. The van der Waals surface area contributed by atoms with Gasteiger partial charge in [0.15, 0.2) is 0 Å². The molecule has 4 fully saturated rings. The Hall–Kier alpha value is -3.35. The first-order valence-corrected chi connectivity index (χ1v) is 12.6. The molecule has 7 nitrogen and oxygen atoms in total. The Balaban J connectivity index is 1.21. The molecule has 0 aromatic heterocycles. The Labute approximate surface area is 205 Å². The maximum Gasteiger partial charge on any atom is 0.513 e. The normalized spacial score (nSPS) is 26.1. The van der Waals surface area contributed by atoms with Gasteiger partial charge < -0.3 is 20.1 Å². The summed E-state index contributed by atoms with van der Waals surface area (Å²) in [5, 5.41) is 5.95. The molecule has 4 aliphatic carbocycles. The van der Waals surface area contributed by atoms with E-state index in [2.05, 4.69) is 10.6 Å². The van der Waals surface area contributed by atoms with E-state index in [0.29, 0.717) is 23.4 Å². The Morgan fingerprint density at radius 1 is 0.857 bits per heavy atom. The van der Waals surface area contributed by atoms with E-state index in [1.807, 2.05) is 18.2 Å². The van der Waals surface area contributed by atoms with Crippen molar-refractivity contribution in [2.45, 2.75) is 51.9 Å². The first kappa shape index (κ1) is 23.4. The second-order valence-corrected chi connectivity index (χ2v) is 10.5. The van der Waals surface area contributed by atoms with Gasteiger partial charge in [0.2, 0.25) is 5.91 Å². The summed E-state index contributed by atoms with van der Waals surface area (Å²) in [5.74, 6) is 2.39. The van der Waals surface area contributed by atoms with Gasteiger partial charge in [-0.2, -0.15) is 0 Å². The molecule has 2 aromatic carbocycles. The fourth-order valence-corrected chi connectivity index (χ4v) is 6.85. The molecule has 0 unspecified atom stereocenters. The van der Waals surface area contributed by atoms with Crippen LogP contribution in [0.3, 0.4) is 0 Å². The van der Waals surface area contributed by atoms with Crippen molar-refractivity contribution in [3.8, 4) is 5.75 Å². The molecule has 2 amide bonds. The van der Waals surface area contributed by atoms with Crippen molar-refractivity contribution < 1.29 is 23.9 Å². The van der Waals surface area contributed by atoms with Crippen molar-refractivity contribution in [3.63, 3.8) is 0 Å². The third kappa shape index (κ3) is 5.34. The molecule has 2 N–H and O–H groups in total. The number of carbonyl (C=O) groups excluding carboxylic acids is 3. The Morgan fingerprint density at radius 2 is 1.43 bits per heavy atom. The first-order valence-electron chi connectivity index (χ1n) is 12.6. The molecule has 0 spiro atoms. The maximum atomic E-state index is 13.1. The lowest BCUT2D eigenvalue weighted by Crippen LogP contribution is -2.47. The van der Waals surface area contributed by atoms with Gasteiger partial charge >= 0.3 is 6.16 Å². The van der Waals surface area contributed by atoms with Crippen LogP contribution in [-0.4, -0.2) is 24.6 Å². The molecular formula is C28H32N2O5. The number of ether oxygens (including phenoxy) is 2. The summed E-state index contributed by atoms with van der Waals surface area (Å²) in [5.41, 5.74) is 1.70. The van der Waals surface area contributed by atoms with Gasteiger partial charge in [0.05, 0.1) is 18.0 Å². The summed E-state index contributed by atoms with van der Waals surface area (Å²) in [6, 6.07) is 13.4. The van der Waals surface area contributed by atoms with E-state index >= 15 is 0 Å². The molecule has 6 rings (SSSR count). The van der Waals surface area contributed by atoms with E-state index in [-0.39, 0.29) is 29.6 Å². The zero-order valence-electron chi connectivity index (χ0n) is 20.0. The van der Waals surface area contributed by atoms with Crippen LogP contribution in [-0.2, 0) is 9.53 Å². The zero-order valence-corrected chi connectivity index (χ0v) is 20.0. The lowest BCUT2D eigenvalue weighted by atomic mass is 9.49. The Bertz CT molecular complexity index is 1080. The van der Waals surface area contributed by atoms with E-state index in [4.69, 9.17) is 9.47 Å². The number of amides is 2. The van der Waals surface area contributed by atoms with Crippen LogP contribution < -0.4 is 15.4 Å². The smallest absolute Gasteiger partial charge is 0.434 e. The number of benzene rings is 2. The van der Waals surface area contributed by atoms with Crippen molar-refractivity contribution in [2.24, 2.45) is 23.2 Å². The SMILES string of the molecule is CCOC(=O)Oc1ccc(C(=O)Nc2ccccc2NC(=O)CC23CC4CC(CC(C4)C2)C3)cc1. The molecule has 184 valence electrons. The van der Waals surface area contributed by atoms with Crippen LogP contribution in [0.1, 0.15) is 62.2 Å². The first-order chi connectivity index (χ1) is 16.9. The van der Waals surface area contributed by atoms with E-state index in [1.165, 1.54) is 50.7 Å². The molecule has 0 saturated heterocycles. The van der Waals surface area contributed by atoms with Gasteiger partial charge in [0.25, 0.3) is 5.91 Å². The molecule has 4 saturated carbocycles. The van der Waals surface area contributed by atoms with Gasteiger partial charge in [-0.25, -0.2) is 4.79 Å². The zero-order chi connectivity index (χ0) is 24.4. The Kier molecular flexibility index (Phi) is 6.50. The second-order valence-electron chi connectivity index (χ2n) is 10.5. The number of para-hydroxylation sites is 2. The van der Waals surface area contributed by atoms with Gasteiger partial charge in [-0.3, -0.25) is 9.59 Å². The fourth-order valence-electron chi connectivity index (χ4n) is 6.85. The van der Waals surface area contributed by atoms with Crippen LogP contribution in [0.2, 0.25) is 0 Å². The van der Waals surface area contributed by atoms with E-state index in [9.17, 15) is 14.4 Å². The van der Waals surface area contributed by atoms with Gasteiger partial charge in [-0.15, -0.1) is 0 Å². The van der Waals surface area contributed by atoms with Crippen molar-refractivity contribution in [2.75, 3.05) is 17.2 Å². The molecule has 0 radical (unpaired) electrons. The minimum absolute atomic E-state index is 0.0223. The number of anilines is 2. The highest BCUT2D eigenvalue weighted by Gasteiger charge is 2.51. The maximum absolute atomic E-state index is 13.1. The number of nitrogens with one attached hydrogen (secondary N) is 2. The van der Waals surface area contributed by atoms with Crippen LogP contribution in [0.4, 0.5) is 16.2 Å². The number of carbonyl (C=O) groups is 3. The minimum atomic E-state index is -0.789. The molecule has 0 heterocycles. The van der Waals surface area contributed by atoms with Crippen molar-refractivity contribution >= 4 is 29.3 Å². The van der Waals surface area contributed by atoms with Gasteiger partial charge in [-0.1, -0.05) is 12.1 Å². The van der Waals surface area contributed by atoms with Crippen molar-refractivity contribution in [1.29, 1.82) is 0 Å². The van der Waals surface area contributed by atoms with Crippen LogP contribution in [0, 0.1) is 23.2 Å².